The Morgan fingerprint density at radius 1 is 1.31 bits per heavy atom. The van der Waals surface area contributed by atoms with Crippen LogP contribution in [-0.4, -0.2) is 59.5 Å². The van der Waals surface area contributed by atoms with Crippen LogP contribution in [0.2, 0.25) is 0 Å². The normalized spacial score (nSPS) is 12.4. The summed E-state index contributed by atoms with van der Waals surface area (Å²) in [5.41, 5.74) is -2.64. The molecule has 2 aromatic rings. The van der Waals surface area contributed by atoms with Crippen LogP contribution in [0.15, 0.2) is 24.3 Å². The van der Waals surface area contributed by atoms with E-state index in [1.165, 1.54) is 26.1 Å². The summed E-state index contributed by atoms with van der Waals surface area (Å²) in [7, 11) is -2.02. The Morgan fingerprint density at radius 3 is 2.59 bits per heavy atom. The van der Waals surface area contributed by atoms with Crippen LogP contribution in [0, 0.1) is 5.82 Å². The van der Waals surface area contributed by atoms with E-state index < -0.39 is 39.3 Å². The number of aromatic nitrogens is 3. The smallest absolute Gasteiger partial charge is 0.351 e. The first-order valence-corrected chi connectivity index (χ1v) is 10.1. The van der Waals surface area contributed by atoms with E-state index in [-0.39, 0.29) is 31.0 Å². The molecule has 1 heterocycles. The summed E-state index contributed by atoms with van der Waals surface area (Å²) in [6.45, 7) is 1.49. The minimum atomic E-state index is -4.97. The van der Waals surface area contributed by atoms with Crippen molar-refractivity contribution in [2.75, 3.05) is 25.9 Å². The summed E-state index contributed by atoms with van der Waals surface area (Å²) in [6.07, 6.45) is -4.79. The van der Waals surface area contributed by atoms with Crippen molar-refractivity contribution in [1.29, 1.82) is 0 Å². The van der Waals surface area contributed by atoms with Crippen LogP contribution in [0.3, 0.4) is 0 Å². The molecule has 13 heteroatoms. The summed E-state index contributed by atoms with van der Waals surface area (Å²) >= 11 is 0. The summed E-state index contributed by atoms with van der Waals surface area (Å²) in [5, 5.41) is 8.92. The first kappa shape index (κ1) is 22.7. The van der Waals surface area contributed by atoms with E-state index in [0.717, 1.165) is 16.4 Å². The molecule has 29 heavy (non-hydrogen) atoms. The van der Waals surface area contributed by atoms with E-state index in [9.17, 15) is 30.8 Å². The molecule has 160 valence electrons. The number of nitrogens with one attached hydrogen (secondary N) is 1. The Hall–Kier alpha value is -2.54. The average molecular weight is 437 g/mol. The minimum absolute atomic E-state index is 0.0769. The SMILES string of the molecule is CCS(=O)(=O)N(C)CCCNC(=O)c1nnn(-c2cccc(F)c2)c1C(F)(F)F. The Morgan fingerprint density at radius 2 is 2.00 bits per heavy atom. The van der Waals surface area contributed by atoms with Gasteiger partial charge in [-0.25, -0.2) is 21.8 Å². The number of rotatable bonds is 8. The molecule has 1 aromatic carbocycles. The summed E-state index contributed by atoms with van der Waals surface area (Å²) < 4.78 is 78.6. The van der Waals surface area contributed by atoms with E-state index in [4.69, 9.17) is 0 Å². The summed E-state index contributed by atoms with van der Waals surface area (Å²) in [4.78, 5) is 12.2. The number of amides is 1. The Labute approximate surface area is 164 Å². The van der Waals surface area contributed by atoms with Crippen molar-refractivity contribution < 1.29 is 30.8 Å². The number of carbonyl (C=O) groups is 1. The lowest BCUT2D eigenvalue weighted by molar-refractivity contribution is -0.143. The topological polar surface area (TPSA) is 97.2 Å². The molecule has 0 fully saturated rings. The van der Waals surface area contributed by atoms with Crippen LogP contribution in [0.4, 0.5) is 17.6 Å². The lowest BCUT2D eigenvalue weighted by Crippen LogP contribution is -2.33. The fourth-order valence-electron chi connectivity index (χ4n) is 2.42. The third kappa shape index (κ3) is 5.50. The molecule has 1 N–H and O–H groups in total. The van der Waals surface area contributed by atoms with Crippen LogP contribution in [0.1, 0.15) is 29.5 Å². The largest absolute Gasteiger partial charge is 0.435 e. The number of sulfonamides is 1. The van der Waals surface area contributed by atoms with Gasteiger partial charge in [-0.05, 0) is 31.5 Å². The number of hydrogen-bond acceptors (Lipinski definition) is 5. The highest BCUT2D eigenvalue weighted by molar-refractivity contribution is 7.89. The van der Waals surface area contributed by atoms with Crippen molar-refractivity contribution in [3.8, 4) is 5.69 Å². The first-order valence-electron chi connectivity index (χ1n) is 8.48. The minimum Gasteiger partial charge on any atom is -0.351 e. The molecule has 0 unspecified atom stereocenters. The zero-order valence-electron chi connectivity index (χ0n) is 15.6. The van der Waals surface area contributed by atoms with Crippen LogP contribution in [0.25, 0.3) is 5.69 Å². The number of halogens is 4. The van der Waals surface area contributed by atoms with Gasteiger partial charge in [0, 0.05) is 20.1 Å². The van der Waals surface area contributed by atoms with Crippen LogP contribution in [-0.2, 0) is 16.2 Å². The van der Waals surface area contributed by atoms with Crippen molar-refractivity contribution in [2.24, 2.45) is 0 Å². The second-order valence-corrected chi connectivity index (χ2v) is 8.37. The summed E-state index contributed by atoms with van der Waals surface area (Å²) in [6, 6.07) is 4.28. The summed E-state index contributed by atoms with van der Waals surface area (Å²) in [5.74, 6) is -1.99. The van der Waals surface area contributed by atoms with Crippen molar-refractivity contribution in [3.05, 3.63) is 41.5 Å². The highest BCUT2D eigenvalue weighted by Crippen LogP contribution is 2.32. The van der Waals surface area contributed by atoms with Gasteiger partial charge in [-0.2, -0.15) is 13.2 Å². The number of carbonyl (C=O) groups excluding carboxylic acids is 1. The molecule has 1 aromatic heterocycles. The standard InChI is InChI=1S/C16H19F4N5O3S/c1-3-29(27,28)24(2)9-5-8-21-15(26)13-14(16(18,19)20)25(23-22-13)12-7-4-6-11(17)10-12/h4,6-7,10H,3,5,8-9H2,1-2H3,(H,21,26). The predicted octanol–water partition coefficient (Wildman–Crippen LogP) is 1.83. The zero-order valence-corrected chi connectivity index (χ0v) is 16.4. The fraction of sp³-hybridized carbons (Fsp3) is 0.438. The predicted molar refractivity (Wildman–Crippen MR) is 95.4 cm³/mol. The molecular weight excluding hydrogens is 418 g/mol. The van der Waals surface area contributed by atoms with Crippen molar-refractivity contribution in [3.63, 3.8) is 0 Å². The second-order valence-electron chi connectivity index (χ2n) is 6.01. The fourth-order valence-corrected chi connectivity index (χ4v) is 3.27. The lowest BCUT2D eigenvalue weighted by atomic mass is 10.2. The van der Waals surface area contributed by atoms with E-state index in [1.54, 1.807) is 0 Å². The Kier molecular flexibility index (Phi) is 6.95. The van der Waals surface area contributed by atoms with Crippen LogP contribution >= 0.6 is 0 Å². The number of benzene rings is 1. The van der Waals surface area contributed by atoms with Gasteiger partial charge in [0.05, 0.1) is 11.4 Å². The lowest BCUT2D eigenvalue weighted by Gasteiger charge is -2.15. The van der Waals surface area contributed by atoms with E-state index >= 15 is 0 Å². The van der Waals surface area contributed by atoms with Gasteiger partial charge in [0.15, 0.2) is 11.4 Å². The van der Waals surface area contributed by atoms with Crippen LogP contribution in [0.5, 0.6) is 0 Å². The highest BCUT2D eigenvalue weighted by Gasteiger charge is 2.42. The first-order chi connectivity index (χ1) is 13.5. The molecule has 0 bridgehead atoms. The quantitative estimate of drug-likeness (QED) is 0.502. The molecule has 0 aliphatic carbocycles. The second kappa shape index (κ2) is 8.86. The Balaban J connectivity index is 2.15. The molecule has 0 atom stereocenters. The number of nitrogens with zero attached hydrogens (tertiary/aromatic N) is 4. The van der Waals surface area contributed by atoms with E-state index in [1.807, 2.05) is 0 Å². The van der Waals surface area contributed by atoms with Gasteiger partial charge in [-0.3, -0.25) is 4.79 Å². The molecule has 0 aliphatic rings. The van der Waals surface area contributed by atoms with Crippen molar-refractivity contribution >= 4 is 15.9 Å². The molecule has 0 saturated carbocycles. The van der Waals surface area contributed by atoms with E-state index in [0.29, 0.717) is 4.68 Å². The van der Waals surface area contributed by atoms with Crippen molar-refractivity contribution in [2.45, 2.75) is 19.5 Å². The maximum absolute atomic E-state index is 13.5. The van der Waals surface area contributed by atoms with Gasteiger partial charge < -0.3 is 5.32 Å². The maximum atomic E-state index is 13.5. The van der Waals surface area contributed by atoms with E-state index in [2.05, 4.69) is 15.6 Å². The maximum Gasteiger partial charge on any atom is 0.435 e. The van der Waals surface area contributed by atoms with Gasteiger partial charge >= 0.3 is 6.18 Å². The third-order valence-corrected chi connectivity index (χ3v) is 5.84. The molecule has 8 nitrogen and oxygen atoms in total. The van der Waals surface area contributed by atoms with Gasteiger partial charge in [-0.15, -0.1) is 5.10 Å². The molecule has 0 aliphatic heterocycles. The highest BCUT2D eigenvalue weighted by atomic mass is 32.2. The van der Waals surface area contributed by atoms with Gasteiger partial charge in [0.1, 0.15) is 5.82 Å². The third-order valence-electron chi connectivity index (χ3n) is 3.98. The molecule has 0 radical (unpaired) electrons. The molecule has 0 saturated heterocycles. The van der Waals surface area contributed by atoms with Gasteiger partial charge in [0.25, 0.3) is 5.91 Å². The average Bonchev–Trinajstić information content (AvgIpc) is 3.10. The molecule has 0 spiro atoms. The van der Waals surface area contributed by atoms with Gasteiger partial charge in [-0.1, -0.05) is 11.3 Å². The number of hydrogen-bond donors (Lipinski definition) is 1. The zero-order chi connectivity index (χ0) is 21.8. The molecule has 1 amide bonds. The monoisotopic (exact) mass is 437 g/mol. The van der Waals surface area contributed by atoms with Gasteiger partial charge in [0.2, 0.25) is 10.0 Å². The van der Waals surface area contributed by atoms with Crippen molar-refractivity contribution in [1.82, 2.24) is 24.6 Å². The molecular formula is C16H19F4N5O3S. The number of alkyl halides is 3. The van der Waals surface area contributed by atoms with Crippen LogP contribution < -0.4 is 5.32 Å². The Bertz CT molecular complexity index is 975. The molecule has 2 rings (SSSR count).